The van der Waals surface area contributed by atoms with E-state index in [2.05, 4.69) is 21.1 Å². The van der Waals surface area contributed by atoms with Gasteiger partial charge in [0.2, 0.25) is 0 Å². The summed E-state index contributed by atoms with van der Waals surface area (Å²) in [7, 11) is 0. The van der Waals surface area contributed by atoms with Crippen molar-refractivity contribution in [3.63, 3.8) is 0 Å². The first-order valence-corrected chi connectivity index (χ1v) is 4.78. The Balaban J connectivity index is 3.10. The molecule has 0 aromatic heterocycles. The van der Waals surface area contributed by atoms with Gasteiger partial charge >= 0.3 is 5.97 Å². The summed E-state index contributed by atoms with van der Waals surface area (Å²) in [5.41, 5.74) is 0.267. The Bertz CT molecular complexity index is 365. The Kier molecular flexibility index (Phi) is 3.76. The molecule has 1 aromatic carbocycles. The number of rotatable bonds is 3. The van der Waals surface area contributed by atoms with Crippen molar-refractivity contribution in [1.29, 1.82) is 0 Å². The minimum atomic E-state index is -0.539. The van der Waals surface area contributed by atoms with Crippen molar-refractivity contribution in [3.8, 4) is 0 Å². The second-order valence-electron chi connectivity index (χ2n) is 2.47. The van der Waals surface area contributed by atoms with Crippen LogP contribution in [-0.2, 0) is 4.74 Å². The third kappa shape index (κ3) is 2.38. The maximum absolute atomic E-state index is 11.3. The summed E-state index contributed by atoms with van der Waals surface area (Å²) in [6.45, 7) is 1.97. The minimum Gasteiger partial charge on any atom is -0.462 e. The van der Waals surface area contributed by atoms with Crippen LogP contribution in [0.25, 0.3) is 0 Å². The molecule has 0 saturated heterocycles. The van der Waals surface area contributed by atoms with Crippen molar-refractivity contribution in [2.24, 2.45) is 5.18 Å². The van der Waals surface area contributed by atoms with E-state index in [4.69, 9.17) is 4.74 Å². The SMILES string of the molecule is CCOC(=O)c1cc(Br)ccc1N=O. The molecule has 0 aliphatic heterocycles. The van der Waals surface area contributed by atoms with Gasteiger partial charge in [0.05, 0.1) is 12.2 Å². The lowest BCUT2D eigenvalue weighted by atomic mass is 10.2. The molecule has 14 heavy (non-hydrogen) atoms. The number of ether oxygens (including phenoxy) is 1. The smallest absolute Gasteiger partial charge is 0.340 e. The Morgan fingerprint density at radius 1 is 1.57 bits per heavy atom. The normalized spacial score (nSPS) is 9.57. The molecule has 0 saturated carbocycles. The molecular weight excluding hydrogens is 250 g/mol. The average Bonchev–Trinajstić information content (AvgIpc) is 2.18. The van der Waals surface area contributed by atoms with Crippen molar-refractivity contribution < 1.29 is 9.53 Å². The summed E-state index contributed by atoms with van der Waals surface area (Å²) in [6, 6.07) is 4.61. The fourth-order valence-corrected chi connectivity index (χ4v) is 1.32. The van der Waals surface area contributed by atoms with Crippen LogP contribution in [0.1, 0.15) is 17.3 Å². The molecule has 0 spiro atoms. The van der Waals surface area contributed by atoms with Crippen molar-refractivity contribution in [2.45, 2.75) is 6.92 Å². The number of hydrogen-bond acceptors (Lipinski definition) is 4. The van der Waals surface area contributed by atoms with Crippen molar-refractivity contribution >= 4 is 27.6 Å². The number of carbonyl (C=O) groups is 1. The molecule has 5 heteroatoms. The molecule has 0 amide bonds. The van der Waals surface area contributed by atoms with Gasteiger partial charge < -0.3 is 4.74 Å². The Hall–Kier alpha value is -1.23. The number of hydrogen-bond donors (Lipinski definition) is 0. The molecule has 1 rings (SSSR count). The summed E-state index contributed by atoms with van der Waals surface area (Å²) in [4.78, 5) is 21.7. The van der Waals surface area contributed by atoms with Crippen LogP contribution in [0, 0.1) is 4.91 Å². The number of nitrogens with zero attached hydrogens (tertiary/aromatic N) is 1. The van der Waals surface area contributed by atoms with E-state index in [1.54, 1.807) is 13.0 Å². The maximum atomic E-state index is 11.3. The lowest BCUT2D eigenvalue weighted by molar-refractivity contribution is 0.0527. The highest BCUT2D eigenvalue weighted by Crippen LogP contribution is 2.23. The van der Waals surface area contributed by atoms with E-state index in [1.807, 2.05) is 0 Å². The van der Waals surface area contributed by atoms with E-state index in [0.29, 0.717) is 4.47 Å². The molecule has 4 nitrogen and oxygen atoms in total. The summed E-state index contributed by atoms with van der Waals surface area (Å²) < 4.78 is 5.47. The van der Waals surface area contributed by atoms with E-state index >= 15 is 0 Å². The lowest BCUT2D eigenvalue weighted by Gasteiger charge is -2.03. The quantitative estimate of drug-likeness (QED) is 0.618. The summed E-state index contributed by atoms with van der Waals surface area (Å²) in [5.74, 6) is -0.539. The topological polar surface area (TPSA) is 55.7 Å². The Labute approximate surface area is 89.4 Å². The number of halogens is 1. The number of nitroso groups, excluding NO2 is 1. The molecule has 74 valence electrons. The van der Waals surface area contributed by atoms with Crippen LogP contribution < -0.4 is 0 Å². The van der Waals surface area contributed by atoms with E-state index in [9.17, 15) is 9.70 Å². The highest BCUT2D eigenvalue weighted by Gasteiger charge is 2.13. The second-order valence-corrected chi connectivity index (χ2v) is 3.39. The van der Waals surface area contributed by atoms with Crippen LogP contribution in [-0.4, -0.2) is 12.6 Å². The van der Waals surface area contributed by atoms with Gasteiger partial charge in [-0.1, -0.05) is 15.9 Å². The van der Waals surface area contributed by atoms with Crippen LogP contribution in [0.4, 0.5) is 5.69 Å². The first-order chi connectivity index (χ1) is 6.69. The monoisotopic (exact) mass is 257 g/mol. The van der Waals surface area contributed by atoms with Gasteiger partial charge in [-0.05, 0) is 30.3 Å². The molecule has 0 radical (unpaired) electrons. The summed E-state index contributed by atoms with van der Waals surface area (Å²) >= 11 is 3.19. The second kappa shape index (κ2) is 4.85. The first kappa shape index (κ1) is 10.8. The number of carbonyl (C=O) groups excluding carboxylic acids is 1. The van der Waals surface area contributed by atoms with Gasteiger partial charge in [-0.3, -0.25) is 0 Å². The molecular formula is C9H8BrNO3. The highest BCUT2D eigenvalue weighted by atomic mass is 79.9. The van der Waals surface area contributed by atoms with Gasteiger partial charge in [0.1, 0.15) is 5.69 Å². The number of esters is 1. The van der Waals surface area contributed by atoms with Crippen molar-refractivity contribution in [3.05, 3.63) is 33.1 Å². The molecule has 0 N–H and O–H groups in total. The fraction of sp³-hybridized carbons (Fsp3) is 0.222. The van der Waals surface area contributed by atoms with E-state index < -0.39 is 5.97 Å². The molecule has 0 aliphatic carbocycles. The van der Waals surface area contributed by atoms with Gasteiger partial charge in [0, 0.05) is 4.47 Å². The predicted octanol–water partition coefficient (Wildman–Crippen LogP) is 3.02. The molecule has 0 unspecified atom stereocenters. The third-order valence-corrected chi connectivity index (χ3v) is 2.05. The third-order valence-electron chi connectivity index (χ3n) is 1.55. The van der Waals surface area contributed by atoms with Crippen LogP contribution >= 0.6 is 15.9 Å². The van der Waals surface area contributed by atoms with Gasteiger partial charge in [0.25, 0.3) is 0 Å². The molecule has 0 heterocycles. The minimum absolute atomic E-state index is 0.0895. The van der Waals surface area contributed by atoms with Crippen molar-refractivity contribution in [1.82, 2.24) is 0 Å². The zero-order chi connectivity index (χ0) is 10.6. The molecule has 0 fully saturated rings. The van der Waals surface area contributed by atoms with Crippen molar-refractivity contribution in [2.75, 3.05) is 6.61 Å². The van der Waals surface area contributed by atoms with Gasteiger partial charge in [0.15, 0.2) is 0 Å². The average molecular weight is 258 g/mol. The van der Waals surface area contributed by atoms with Gasteiger partial charge in [-0.2, -0.15) is 0 Å². The maximum Gasteiger partial charge on any atom is 0.340 e. The molecule has 1 aromatic rings. The predicted molar refractivity (Wildman–Crippen MR) is 55.6 cm³/mol. The standard InChI is InChI=1S/C9H8BrNO3/c1-2-14-9(12)7-5-6(10)3-4-8(7)11-13/h3-5H,2H2,1H3. The zero-order valence-electron chi connectivity index (χ0n) is 7.49. The lowest BCUT2D eigenvalue weighted by Crippen LogP contribution is -2.04. The summed E-state index contributed by atoms with van der Waals surface area (Å²) in [6.07, 6.45) is 0. The zero-order valence-corrected chi connectivity index (χ0v) is 9.08. The molecule has 0 atom stereocenters. The largest absolute Gasteiger partial charge is 0.462 e. The van der Waals surface area contributed by atoms with Crippen LogP contribution in [0.3, 0.4) is 0 Å². The van der Waals surface area contributed by atoms with E-state index in [-0.39, 0.29) is 17.9 Å². The van der Waals surface area contributed by atoms with Gasteiger partial charge in [-0.25, -0.2) is 4.79 Å². The summed E-state index contributed by atoms with van der Waals surface area (Å²) in [5, 5.41) is 2.74. The Morgan fingerprint density at radius 2 is 2.29 bits per heavy atom. The molecule has 0 aliphatic rings. The van der Waals surface area contributed by atoms with E-state index in [0.717, 1.165) is 0 Å². The molecule has 0 bridgehead atoms. The van der Waals surface area contributed by atoms with E-state index in [1.165, 1.54) is 12.1 Å². The highest BCUT2D eigenvalue weighted by molar-refractivity contribution is 9.10. The number of benzene rings is 1. The van der Waals surface area contributed by atoms with Crippen LogP contribution in [0.15, 0.2) is 27.8 Å². The van der Waals surface area contributed by atoms with Crippen LogP contribution in [0.5, 0.6) is 0 Å². The first-order valence-electron chi connectivity index (χ1n) is 3.99. The van der Waals surface area contributed by atoms with Gasteiger partial charge in [-0.15, -0.1) is 4.91 Å². The van der Waals surface area contributed by atoms with Crippen LogP contribution in [0.2, 0.25) is 0 Å². The fourth-order valence-electron chi connectivity index (χ4n) is 0.960. The Morgan fingerprint density at radius 3 is 2.86 bits per heavy atom.